The van der Waals surface area contributed by atoms with Crippen LogP contribution in [0.2, 0.25) is 0 Å². The van der Waals surface area contributed by atoms with E-state index >= 15 is 0 Å². The van der Waals surface area contributed by atoms with Crippen molar-refractivity contribution in [3.63, 3.8) is 0 Å². The van der Waals surface area contributed by atoms with Gasteiger partial charge in [0.15, 0.2) is 0 Å². The molecule has 1 aliphatic carbocycles. The fourth-order valence-electron chi connectivity index (χ4n) is 1.40. The third-order valence-electron chi connectivity index (χ3n) is 2.72. The maximum Gasteiger partial charge on any atom is 4.00 e. The number of allylic oxidation sites excluding steroid dienone is 4. The summed E-state index contributed by atoms with van der Waals surface area (Å²) in [5.41, 5.74) is 1.70. The second-order valence-corrected chi connectivity index (χ2v) is 5.88. The van der Waals surface area contributed by atoms with Crippen LogP contribution in [-0.4, -0.2) is 39.3 Å². The fraction of sp³-hybridized carbons (Fsp3) is 0.737. The fourth-order valence-corrected chi connectivity index (χ4v) is 1.40. The van der Waals surface area contributed by atoms with Crippen molar-refractivity contribution in [2.24, 2.45) is 0 Å². The molecule has 0 bridgehead atoms. The monoisotopic (exact) mass is 357 g/mol. The average molecular weight is 357 g/mol. The molecule has 4 heteroatoms. The van der Waals surface area contributed by atoms with E-state index in [4.69, 9.17) is 0 Å². The first-order chi connectivity index (χ1) is 9.91. The zero-order valence-electron chi connectivity index (χ0n) is 16.8. The van der Waals surface area contributed by atoms with E-state index in [1.165, 1.54) is 12.8 Å². The van der Waals surface area contributed by atoms with Crippen LogP contribution in [0.25, 0.3) is 16.0 Å². The SMILES string of the molecule is CC(C)(C)[N-]CCCC1=CC=CC1.CC[N-]C.CC[N-]C.[CH3-].[Ti+4]. The molecule has 0 radical (unpaired) electrons. The first-order valence-corrected chi connectivity index (χ1v) is 8.05. The number of nitrogens with zero attached hydrogens (tertiary/aromatic N) is 3. The Kier molecular flexibility index (Phi) is 29.7. The summed E-state index contributed by atoms with van der Waals surface area (Å²) < 4.78 is 0. The van der Waals surface area contributed by atoms with Crippen molar-refractivity contribution in [1.29, 1.82) is 0 Å². The predicted octanol–water partition coefficient (Wildman–Crippen LogP) is 6.29. The van der Waals surface area contributed by atoms with Gasteiger partial charge in [0.25, 0.3) is 0 Å². The zero-order valence-corrected chi connectivity index (χ0v) is 18.4. The molecule has 1 rings (SSSR count). The van der Waals surface area contributed by atoms with Crippen molar-refractivity contribution in [2.45, 2.75) is 59.4 Å². The van der Waals surface area contributed by atoms with Crippen molar-refractivity contribution in [1.82, 2.24) is 0 Å². The van der Waals surface area contributed by atoms with Crippen LogP contribution in [0.5, 0.6) is 0 Å². The standard InChI is InChI=1S/C12H20N.2C3H8N.CH3.Ti/c1-12(2,3)13-10-6-9-11-7-4-5-8-11;2*1-3-4-2;;/h4-5,7H,6,8-10H2,1-3H3;2*3H2,1-2H3;1H3;/q4*-1;+4. The van der Waals surface area contributed by atoms with E-state index in [2.05, 4.69) is 54.9 Å². The van der Waals surface area contributed by atoms with Gasteiger partial charge in [0, 0.05) is 0 Å². The summed E-state index contributed by atoms with van der Waals surface area (Å²) in [6, 6.07) is 0. The van der Waals surface area contributed by atoms with Crippen molar-refractivity contribution < 1.29 is 21.7 Å². The molecule has 0 saturated carbocycles. The van der Waals surface area contributed by atoms with Crippen LogP contribution in [0, 0.1) is 7.43 Å². The number of rotatable bonds is 6. The zero-order chi connectivity index (χ0) is 16.6. The molecule has 0 unspecified atom stereocenters. The molecule has 0 saturated heterocycles. The van der Waals surface area contributed by atoms with E-state index in [0.29, 0.717) is 0 Å². The molecule has 0 N–H and O–H groups in total. The van der Waals surface area contributed by atoms with E-state index in [1.807, 2.05) is 13.8 Å². The Bertz CT molecular complexity index is 260. The third kappa shape index (κ3) is 30.5. The molecule has 134 valence electrons. The molecule has 0 fully saturated rings. The van der Waals surface area contributed by atoms with Gasteiger partial charge in [0.05, 0.1) is 0 Å². The van der Waals surface area contributed by atoms with Crippen molar-refractivity contribution in [3.05, 3.63) is 47.2 Å². The smallest absolute Gasteiger partial charge is 0.665 e. The van der Waals surface area contributed by atoms with Gasteiger partial charge >= 0.3 is 21.7 Å². The maximum atomic E-state index is 4.57. The van der Waals surface area contributed by atoms with Crippen LogP contribution in [0.3, 0.4) is 0 Å². The van der Waals surface area contributed by atoms with Gasteiger partial charge in [0.2, 0.25) is 0 Å². The summed E-state index contributed by atoms with van der Waals surface area (Å²) in [5, 5.41) is 12.0. The minimum Gasteiger partial charge on any atom is -0.665 e. The Labute approximate surface area is 162 Å². The topological polar surface area (TPSA) is 42.3 Å². The normalized spacial score (nSPS) is 11.9. The quantitative estimate of drug-likeness (QED) is 0.304. The van der Waals surface area contributed by atoms with Crippen molar-refractivity contribution in [3.8, 4) is 0 Å². The minimum atomic E-state index is 0. The van der Waals surface area contributed by atoms with E-state index in [-0.39, 0.29) is 34.7 Å². The van der Waals surface area contributed by atoms with Crippen LogP contribution in [-0.2, 0) is 21.7 Å². The summed E-state index contributed by atoms with van der Waals surface area (Å²) in [4.78, 5) is 0. The van der Waals surface area contributed by atoms with Crippen LogP contribution < -0.4 is 0 Å². The predicted molar refractivity (Wildman–Crippen MR) is 105 cm³/mol. The summed E-state index contributed by atoms with van der Waals surface area (Å²) >= 11 is 0. The molecule has 0 aromatic heterocycles. The first kappa shape index (κ1) is 30.9. The molecular formula is C19H39N3Ti. The number of hydrogen-bond donors (Lipinski definition) is 0. The molecule has 0 spiro atoms. The van der Waals surface area contributed by atoms with Gasteiger partial charge in [-0.15, -0.1) is 12.1 Å². The summed E-state index contributed by atoms with van der Waals surface area (Å²) in [6.45, 7) is 13.4. The first-order valence-electron chi connectivity index (χ1n) is 8.05. The Morgan fingerprint density at radius 2 is 1.52 bits per heavy atom. The summed E-state index contributed by atoms with van der Waals surface area (Å²) in [5.74, 6) is 0. The van der Waals surface area contributed by atoms with Gasteiger partial charge in [-0.05, 0) is 12.8 Å². The van der Waals surface area contributed by atoms with E-state index in [1.54, 1.807) is 19.7 Å². The van der Waals surface area contributed by atoms with Crippen LogP contribution >= 0.6 is 0 Å². The van der Waals surface area contributed by atoms with Gasteiger partial charge in [-0.2, -0.15) is 27.2 Å². The molecule has 1 aliphatic rings. The Hall–Kier alpha value is 0.0743. The minimum absolute atomic E-state index is 0. The molecule has 0 aliphatic heterocycles. The van der Waals surface area contributed by atoms with E-state index < -0.39 is 0 Å². The molecule has 0 aromatic carbocycles. The Morgan fingerprint density at radius 1 is 1.04 bits per heavy atom. The van der Waals surface area contributed by atoms with Crippen LogP contribution in [0.4, 0.5) is 0 Å². The van der Waals surface area contributed by atoms with E-state index in [9.17, 15) is 0 Å². The van der Waals surface area contributed by atoms with Gasteiger partial charge < -0.3 is 23.4 Å². The summed E-state index contributed by atoms with van der Waals surface area (Å²) in [6.07, 6.45) is 10.2. The Balaban J connectivity index is -0.000000153. The van der Waals surface area contributed by atoms with Crippen LogP contribution in [0.15, 0.2) is 23.8 Å². The second kappa shape index (κ2) is 22.1. The molecule has 0 heterocycles. The molecule has 0 aromatic rings. The second-order valence-electron chi connectivity index (χ2n) is 5.88. The molecule has 0 amide bonds. The Morgan fingerprint density at radius 3 is 1.83 bits per heavy atom. The van der Waals surface area contributed by atoms with Crippen molar-refractivity contribution in [2.75, 3.05) is 33.7 Å². The van der Waals surface area contributed by atoms with Gasteiger partial charge in [-0.25, -0.2) is 0 Å². The number of hydrogen-bond acceptors (Lipinski definition) is 0. The van der Waals surface area contributed by atoms with Gasteiger partial charge in [0.1, 0.15) is 0 Å². The van der Waals surface area contributed by atoms with Crippen molar-refractivity contribution >= 4 is 0 Å². The average Bonchev–Trinajstić information content (AvgIpc) is 2.96. The summed E-state index contributed by atoms with van der Waals surface area (Å²) in [7, 11) is 3.61. The largest absolute Gasteiger partial charge is 4.00 e. The van der Waals surface area contributed by atoms with Gasteiger partial charge in [-0.3, -0.25) is 0 Å². The molecule has 0 atom stereocenters. The molecular weight excluding hydrogens is 318 g/mol. The maximum absolute atomic E-state index is 4.57. The van der Waals surface area contributed by atoms with Crippen LogP contribution in [0.1, 0.15) is 53.9 Å². The molecule has 3 nitrogen and oxygen atoms in total. The van der Waals surface area contributed by atoms with E-state index in [0.717, 1.165) is 26.1 Å². The molecule has 23 heavy (non-hydrogen) atoms. The third-order valence-corrected chi connectivity index (χ3v) is 2.72. The van der Waals surface area contributed by atoms with Gasteiger partial charge in [-0.1, -0.05) is 64.8 Å².